The fourth-order valence-electron chi connectivity index (χ4n) is 2.59. The lowest BCUT2D eigenvalue weighted by Crippen LogP contribution is -2.27. The second-order valence-electron chi connectivity index (χ2n) is 5.63. The van der Waals surface area contributed by atoms with Crippen molar-refractivity contribution >= 4 is 35.1 Å². The van der Waals surface area contributed by atoms with Crippen molar-refractivity contribution in [1.29, 1.82) is 0 Å². The molecule has 0 unspecified atom stereocenters. The summed E-state index contributed by atoms with van der Waals surface area (Å²) >= 11 is 5.02. The van der Waals surface area contributed by atoms with Crippen LogP contribution in [0.25, 0.3) is 17.4 Å². The van der Waals surface area contributed by atoms with Crippen molar-refractivity contribution in [1.82, 2.24) is 4.90 Å². The molecular formula is C18H17N2O4S+. The first-order valence-electron chi connectivity index (χ1n) is 7.77. The van der Waals surface area contributed by atoms with Crippen molar-refractivity contribution in [2.75, 3.05) is 13.6 Å². The number of furan rings is 1. The maximum absolute atomic E-state index is 12.1. The zero-order valence-electron chi connectivity index (χ0n) is 14.1. The third-order valence-electron chi connectivity index (χ3n) is 3.92. The lowest BCUT2D eigenvalue weighted by Gasteiger charge is -2.06. The smallest absolute Gasteiger partial charge is 0.297 e. The summed E-state index contributed by atoms with van der Waals surface area (Å²) in [5.74, 6) is 0.916. The molecule has 0 N–H and O–H groups in total. The van der Waals surface area contributed by atoms with E-state index in [1.807, 2.05) is 26.0 Å². The molecule has 3 rings (SSSR count). The van der Waals surface area contributed by atoms with Gasteiger partial charge in [-0.15, -0.1) is 0 Å². The first-order valence-corrected chi connectivity index (χ1v) is 8.18. The van der Waals surface area contributed by atoms with Crippen LogP contribution in [-0.4, -0.2) is 34.3 Å². The standard InChI is InChI=1S/C18H17N2O4S/c1-4-20-17(21)16(24-18(20)25)10-13-7-8-15(23-13)12-6-5-11(2)14(9-12)19(3)22/h5-10H,4H2,1-3H3/q+1. The number of carbonyl (C=O) groups is 1. The van der Waals surface area contributed by atoms with Gasteiger partial charge < -0.3 is 9.15 Å². The Labute approximate surface area is 150 Å². The number of ether oxygens (including phenoxy) is 1. The van der Waals surface area contributed by atoms with Crippen LogP contribution in [-0.2, 0) is 9.53 Å². The first kappa shape index (κ1) is 17.0. The minimum atomic E-state index is -0.281. The number of hydrogen-bond acceptors (Lipinski definition) is 5. The normalized spacial score (nSPS) is 15.8. The predicted octanol–water partition coefficient (Wildman–Crippen LogP) is 3.80. The van der Waals surface area contributed by atoms with E-state index in [1.54, 1.807) is 18.2 Å². The summed E-state index contributed by atoms with van der Waals surface area (Å²) in [6.45, 7) is 4.15. The van der Waals surface area contributed by atoms with Gasteiger partial charge in [-0.25, -0.2) is 0 Å². The fraction of sp³-hybridized carbons (Fsp3) is 0.222. The number of amides is 1. The molecule has 1 saturated heterocycles. The Kier molecular flexibility index (Phi) is 4.50. The molecule has 1 aliphatic rings. The van der Waals surface area contributed by atoms with Gasteiger partial charge in [0.15, 0.2) is 12.8 Å². The Bertz CT molecular complexity index is 914. The van der Waals surface area contributed by atoms with Gasteiger partial charge in [0.25, 0.3) is 16.8 Å². The Hall–Kier alpha value is -2.80. The summed E-state index contributed by atoms with van der Waals surface area (Å²) < 4.78 is 11.9. The van der Waals surface area contributed by atoms with Gasteiger partial charge in [-0.05, 0) is 38.2 Å². The highest BCUT2D eigenvalue weighted by molar-refractivity contribution is 7.80. The molecule has 1 fully saturated rings. The lowest BCUT2D eigenvalue weighted by atomic mass is 10.1. The molecule has 0 bridgehead atoms. The molecule has 128 valence electrons. The minimum Gasteiger partial charge on any atom is -0.457 e. The second-order valence-corrected chi connectivity index (χ2v) is 5.98. The molecule has 2 aromatic rings. The summed E-state index contributed by atoms with van der Waals surface area (Å²) in [7, 11) is 1.45. The highest BCUT2D eigenvalue weighted by Crippen LogP contribution is 2.29. The van der Waals surface area contributed by atoms with Crippen LogP contribution in [0.5, 0.6) is 0 Å². The van der Waals surface area contributed by atoms with Crippen LogP contribution in [0.3, 0.4) is 0 Å². The molecule has 0 spiro atoms. The van der Waals surface area contributed by atoms with Gasteiger partial charge in [-0.2, -0.15) is 0 Å². The Morgan fingerprint density at radius 1 is 1.28 bits per heavy atom. The lowest BCUT2D eigenvalue weighted by molar-refractivity contribution is -0.428. The maximum Gasteiger partial charge on any atom is 0.297 e. The predicted molar refractivity (Wildman–Crippen MR) is 97.1 cm³/mol. The number of thiocarbonyl (C=S) groups is 1. The van der Waals surface area contributed by atoms with E-state index in [9.17, 15) is 9.70 Å². The Morgan fingerprint density at radius 3 is 2.68 bits per heavy atom. The number of carbonyl (C=O) groups excluding carboxylic acids is 1. The van der Waals surface area contributed by atoms with Crippen LogP contribution in [0.4, 0.5) is 5.69 Å². The van der Waals surface area contributed by atoms with Crippen molar-refractivity contribution < 1.29 is 18.7 Å². The summed E-state index contributed by atoms with van der Waals surface area (Å²) in [5, 5.41) is 0.146. The Morgan fingerprint density at radius 2 is 2.04 bits per heavy atom. The summed E-state index contributed by atoms with van der Waals surface area (Å²) in [6.07, 6.45) is 1.52. The van der Waals surface area contributed by atoms with Crippen LogP contribution >= 0.6 is 12.2 Å². The van der Waals surface area contributed by atoms with Crippen molar-refractivity contribution in [3.05, 3.63) is 52.3 Å². The molecule has 0 saturated carbocycles. The van der Waals surface area contributed by atoms with E-state index in [1.165, 1.54) is 18.0 Å². The van der Waals surface area contributed by atoms with Gasteiger partial charge >= 0.3 is 0 Å². The zero-order valence-corrected chi connectivity index (χ0v) is 14.9. The second kappa shape index (κ2) is 6.60. The van der Waals surface area contributed by atoms with Crippen LogP contribution in [0.2, 0.25) is 0 Å². The van der Waals surface area contributed by atoms with Gasteiger partial charge in [0.1, 0.15) is 11.5 Å². The summed E-state index contributed by atoms with van der Waals surface area (Å²) in [6, 6.07) is 9.02. The van der Waals surface area contributed by atoms with E-state index in [4.69, 9.17) is 21.4 Å². The topological polar surface area (TPSA) is 62.8 Å². The maximum atomic E-state index is 12.1. The number of nitrogens with zero attached hydrogens (tertiary/aromatic N) is 2. The number of rotatable bonds is 4. The average molecular weight is 357 g/mol. The van der Waals surface area contributed by atoms with E-state index < -0.39 is 0 Å². The van der Waals surface area contributed by atoms with E-state index >= 15 is 0 Å². The van der Waals surface area contributed by atoms with Gasteiger partial charge in [0.2, 0.25) is 0 Å². The number of aryl methyl sites for hydroxylation is 1. The van der Waals surface area contributed by atoms with E-state index in [0.29, 0.717) is 23.8 Å². The average Bonchev–Trinajstić information content (AvgIpc) is 3.13. The van der Waals surface area contributed by atoms with Crippen molar-refractivity contribution in [3.63, 3.8) is 0 Å². The highest BCUT2D eigenvalue weighted by Gasteiger charge is 2.32. The Balaban J connectivity index is 1.90. The number of hydrogen-bond donors (Lipinski definition) is 0. The third kappa shape index (κ3) is 3.23. The molecule has 7 heteroatoms. The largest absolute Gasteiger partial charge is 0.457 e. The van der Waals surface area contributed by atoms with Crippen molar-refractivity contribution in [2.24, 2.45) is 0 Å². The molecule has 2 heterocycles. The first-order chi connectivity index (χ1) is 11.9. The number of likely N-dealkylation sites (N-methyl/N-ethyl adjacent to an activating group) is 1. The SMILES string of the molecule is CCN1C(=O)C(=Cc2ccc(-c3ccc(C)c([N+](C)=O)c3)o2)OC1=S. The summed E-state index contributed by atoms with van der Waals surface area (Å²) in [4.78, 5) is 25.1. The molecule has 1 aromatic heterocycles. The molecule has 6 nitrogen and oxygen atoms in total. The quantitative estimate of drug-likeness (QED) is 0.473. The van der Waals surface area contributed by atoms with Crippen LogP contribution in [0.15, 0.2) is 40.5 Å². The van der Waals surface area contributed by atoms with Crippen molar-refractivity contribution in [2.45, 2.75) is 13.8 Å². The van der Waals surface area contributed by atoms with Gasteiger partial charge in [-0.1, -0.05) is 12.1 Å². The molecule has 0 atom stereocenters. The van der Waals surface area contributed by atoms with Crippen LogP contribution < -0.4 is 0 Å². The third-order valence-corrected chi connectivity index (χ3v) is 4.23. The molecule has 0 aliphatic carbocycles. The van der Waals surface area contributed by atoms with Gasteiger partial charge in [0, 0.05) is 39.5 Å². The number of nitroso groups, excluding NO2 is 1. The molecule has 0 radical (unpaired) electrons. The summed E-state index contributed by atoms with van der Waals surface area (Å²) in [5.41, 5.74) is 2.23. The molecule has 25 heavy (non-hydrogen) atoms. The van der Waals surface area contributed by atoms with Crippen LogP contribution in [0.1, 0.15) is 18.2 Å². The molecule has 1 amide bonds. The fourth-order valence-corrected chi connectivity index (χ4v) is 2.89. The zero-order chi connectivity index (χ0) is 18.1. The highest BCUT2D eigenvalue weighted by atomic mass is 32.1. The molecular weight excluding hydrogens is 340 g/mol. The van der Waals surface area contributed by atoms with E-state index in [-0.39, 0.29) is 16.8 Å². The monoisotopic (exact) mass is 357 g/mol. The minimum absolute atomic E-state index is 0.136. The number of benzene rings is 1. The van der Waals surface area contributed by atoms with Crippen molar-refractivity contribution in [3.8, 4) is 11.3 Å². The van der Waals surface area contributed by atoms with Gasteiger partial charge in [-0.3, -0.25) is 9.69 Å². The molecule has 1 aromatic carbocycles. The van der Waals surface area contributed by atoms with Crippen LogP contribution in [0, 0.1) is 11.8 Å². The molecule has 1 aliphatic heterocycles. The van der Waals surface area contributed by atoms with E-state index in [2.05, 4.69) is 0 Å². The van der Waals surface area contributed by atoms with Gasteiger partial charge in [0.05, 0.1) is 0 Å². The van der Waals surface area contributed by atoms with E-state index in [0.717, 1.165) is 15.9 Å².